The van der Waals surface area contributed by atoms with Crippen LogP contribution in [0.3, 0.4) is 0 Å². The fraction of sp³-hybridized carbons (Fsp3) is 0.278. The van der Waals surface area contributed by atoms with Crippen molar-refractivity contribution in [1.82, 2.24) is 0 Å². The van der Waals surface area contributed by atoms with Gasteiger partial charge in [-0.15, -0.1) is 0 Å². The molecule has 1 amide bonds. The number of carbonyl (C=O) groups excluding carboxylic acids is 1. The fourth-order valence-corrected chi connectivity index (χ4v) is 4.55. The van der Waals surface area contributed by atoms with Crippen molar-refractivity contribution in [1.29, 1.82) is 0 Å². The van der Waals surface area contributed by atoms with Crippen LogP contribution in [-0.4, -0.2) is 20.9 Å². The molecule has 1 heterocycles. The standard InChI is InChI=1S/C18H16BrFN2O3S/c19-13-3-5-16(15(20)10-13)21-26(24,25)14-4-6-17-12(9-14)7-8-22(17)18(23)11-1-2-11/h3-6,9-11,21H,1-2,7-8H2. The average Bonchev–Trinajstić information content (AvgIpc) is 3.36. The van der Waals surface area contributed by atoms with Crippen LogP contribution < -0.4 is 9.62 Å². The van der Waals surface area contributed by atoms with Crippen LogP contribution in [0.1, 0.15) is 18.4 Å². The number of halogens is 2. The van der Waals surface area contributed by atoms with Crippen LogP contribution in [0.2, 0.25) is 0 Å². The summed E-state index contributed by atoms with van der Waals surface area (Å²) in [6.45, 7) is 0.572. The van der Waals surface area contributed by atoms with E-state index in [-0.39, 0.29) is 22.4 Å². The van der Waals surface area contributed by atoms with Crippen LogP contribution in [0, 0.1) is 11.7 Å². The Bertz CT molecular complexity index is 1010. The Morgan fingerprint density at radius 2 is 1.96 bits per heavy atom. The van der Waals surface area contributed by atoms with Gasteiger partial charge in [0.15, 0.2) is 0 Å². The number of anilines is 2. The Kier molecular flexibility index (Phi) is 4.27. The molecule has 0 bridgehead atoms. The summed E-state index contributed by atoms with van der Waals surface area (Å²) in [6.07, 6.45) is 2.48. The van der Waals surface area contributed by atoms with E-state index >= 15 is 0 Å². The number of hydrogen-bond acceptors (Lipinski definition) is 3. The van der Waals surface area contributed by atoms with Crippen LogP contribution in [0.5, 0.6) is 0 Å². The summed E-state index contributed by atoms with van der Waals surface area (Å²) >= 11 is 3.14. The molecule has 0 atom stereocenters. The van der Waals surface area contributed by atoms with Crippen molar-refractivity contribution in [2.45, 2.75) is 24.2 Å². The molecule has 1 aliphatic heterocycles. The van der Waals surface area contributed by atoms with Crippen LogP contribution in [0.4, 0.5) is 15.8 Å². The van der Waals surface area contributed by atoms with Gasteiger partial charge in [-0.25, -0.2) is 12.8 Å². The molecule has 2 aliphatic rings. The van der Waals surface area contributed by atoms with Crippen molar-refractivity contribution in [3.05, 3.63) is 52.3 Å². The van der Waals surface area contributed by atoms with E-state index < -0.39 is 15.8 Å². The van der Waals surface area contributed by atoms with Gasteiger partial charge in [0.2, 0.25) is 5.91 Å². The van der Waals surface area contributed by atoms with Crippen molar-refractivity contribution in [3.63, 3.8) is 0 Å². The highest BCUT2D eigenvalue weighted by Crippen LogP contribution is 2.37. The van der Waals surface area contributed by atoms with Crippen molar-refractivity contribution in [3.8, 4) is 0 Å². The van der Waals surface area contributed by atoms with Crippen LogP contribution in [0.15, 0.2) is 45.8 Å². The predicted octanol–water partition coefficient (Wildman–Crippen LogP) is 3.69. The van der Waals surface area contributed by atoms with E-state index in [9.17, 15) is 17.6 Å². The molecule has 8 heteroatoms. The number of nitrogens with zero attached hydrogens (tertiary/aromatic N) is 1. The van der Waals surface area contributed by atoms with Crippen molar-refractivity contribution >= 4 is 43.2 Å². The molecule has 4 rings (SSSR count). The average molecular weight is 439 g/mol. The first kappa shape index (κ1) is 17.5. The van der Waals surface area contributed by atoms with Gasteiger partial charge < -0.3 is 4.90 Å². The first-order valence-electron chi connectivity index (χ1n) is 8.27. The molecule has 136 valence electrons. The molecule has 0 aromatic heterocycles. The maximum absolute atomic E-state index is 13.9. The third kappa shape index (κ3) is 3.23. The summed E-state index contributed by atoms with van der Waals surface area (Å²) in [5, 5.41) is 0. The first-order chi connectivity index (χ1) is 12.3. The minimum atomic E-state index is -3.92. The molecule has 1 aliphatic carbocycles. The molecule has 1 N–H and O–H groups in total. The minimum absolute atomic E-state index is 0.0549. The molecule has 0 radical (unpaired) electrons. The predicted molar refractivity (Wildman–Crippen MR) is 100 cm³/mol. The lowest BCUT2D eigenvalue weighted by molar-refractivity contribution is -0.119. The summed E-state index contributed by atoms with van der Waals surface area (Å²) in [7, 11) is -3.92. The normalized spacial score (nSPS) is 16.5. The summed E-state index contributed by atoms with van der Waals surface area (Å²) in [6, 6.07) is 8.80. The largest absolute Gasteiger partial charge is 0.312 e. The van der Waals surface area contributed by atoms with Gasteiger partial charge in [-0.1, -0.05) is 15.9 Å². The van der Waals surface area contributed by atoms with Crippen LogP contribution >= 0.6 is 15.9 Å². The minimum Gasteiger partial charge on any atom is -0.312 e. The number of carbonyl (C=O) groups is 1. The van der Waals surface area contributed by atoms with E-state index in [0.717, 1.165) is 24.1 Å². The summed E-state index contributed by atoms with van der Waals surface area (Å²) in [5.74, 6) is -0.425. The highest BCUT2D eigenvalue weighted by Gasteiger charge is 2.36. The Morgan fingerprint density at radius 1 is 1.19 bits per heavy atom. The van der Waals surface area contributed by atoms with Gasteiger partial charge in [0.05, 0.1) is 10.6 Å². The third-order valence-corrected chi connectivity index (χ3v) is 6.48. The third-order valence-electron chi connectivity index (χ3n) is 4.62. The molecule has 2 aromatic carbocycles. The lowest BCUT2D eigenvalue weighted by Gasteiger charge is -2.17. The number of amides is 1. The Labute approximate surface area is 159 Å². The van der Waals surface area contributed by atoms with Gasteiger partial charge in [-0.3, -0.25) is 9.52 Å². The van der Waals surface area contributed by atoms with E-state index in [1.807, 2.05) is 0 Å². The van der Waals surface area contributed by atoms with Crippen LogP contribution in [0.25, 0.3) is 0 Å². The van der Waals surface area contributed by atoms with E-state index in [1.54, 1.807) is 23.1 Å². The van der Waals surface area contributed by atoms with Crippen LogP contribution in [-0.2, 0) is 21.2 Å². The Morgan fingerprint density at radius 3 is 2.65 bits per heavy atom. The zero-order chi connectivity index (χ0) is 18.5. The Balaban J connectivity index is 1.61. The van der Waals surface area contributed by atoms with Gasteiger partial charge in [-0.2, -0.15) is 0 Å². The highest BCUT2D eigenvalue weighted by atomic mass is 79.9. The number of sulfonamides is 1. The molecule has 5 nitrogen and oxygen atoms in total. The summed E-state index contributed by atoms with van der Waals surface area (Å²) in [5.41, 5.74) is 1.48. The van der Waals surface area contributed by atoms with E-state index in [1.165, 1.54) is 18.2 Å². The highest BCUT2D eigenvalue weighted by molar-refractivity contribution is 9.10. The van der Waals surface area contributed by atoms with Gasteiger partial charge in [0.1, 0.15) is 5.82 Å². The zero-order valence-electron chi connectivity index (χ0n) is 13.7. The maximum Gasteiger partial charge on any atom is 0.261 e. The van der Waals surface area contributed by atoms with Gasteiger partial charge >= 0.3 is 0 Å². The molecule has 1 fully saturated rings. The lowest BCUT2D eigenvalue weighted by atomic mass is 10.2. The van der Waals surface area contributed by atoms with Gasteiger partial charge in [-0.05, 0) is 61.2 Å². The second-order valence-corrected chi connectivity index (χ2v) is 9.13. The quantitative estimate of drug-likeness (QED) is 0.791. The number of rotatable bonds is 4. The Hall–Kier alpha value is -1.93. The second kappa shape index (κ2) is 6.35. The van der Waals surface area contributed by atoms with Gasteiger partial charge in [0.25, 0.3) is 10.0 Å². The van der Waals surface area contributed by atoms with Crippen molar-refractivity contribution in [2.75, 3.05) is 16.2 Å². The molecule has 0 unspecified atom stereocenters. The maximum atomic E-state index is 13.9. The molecule has 26 heavy (non-hydrogen) atoms. The molecular formula is C18H16BrFN2O3S. The molecule has 0 saturated heterocycles. The number of nitrogens with one attached hydrogen (secondary N) is 1. The fourth-order valence-electron chi connectivity index (χ4n) is 3.10. The number of benzene rings is 2. The number of hydrogen-bond donors (Lipinski definition) is 1. The van der Waals surface area contributed by atoms with E-state index in [0.29, 0.717) is 17.4 Å². The van der Waals surface area contributed by atoms with E-state index in [2.05, 4.69) is 20.7 Å². The molecule has 2 aromatic rings. The smallest absolute Gasteiger partial charge is 0.261 e. The van der Waals surface area contributed by atoms with Gasteiger partial charge in [0, 0.05) is 22.6 Å². The molecule has 1 saturated carbocycles. The SMILES string of the molecule is O=C(C1CC1)N1CCc2cc(S(=O)(=O)Nc3ccc(Br)cc3F)ccc21. The van der Waals surface area contributed by atoms with Crippen molar-refractivity contribution in [2.24, 2.45) is 5.92 Å². The molecular weight excluding hydrogens is 423 g/mol. The number of fused-ring (bicyclic) bond motifs is 1. The molecule has 0 spiro atoms. The van der Waals surface area contributed by atoms with E-state index in [4.69, 9.17) is 0 Å². The monoisotopic (exact) mass is 438 g/mol. The summed E-state index contributed by atoms with van der Waals surface area (Å²) < 4.78 is 41.9. The zero-order valence-corrected chi connectivity index (χ0v) is 16.1. The first-order valence-corrected chi connectivity index (χ1v) is 10.5. The topological polar surface area (TPSA) is 66.5 Å². The van der Waals surface area contributed by atoms with Crippen molar-refractivity contribution < 1.29 is 17.6 Å². The lowest BCUT2D eigenvalue weighted by Crippen LogP contribution is -2.30. The summed E-state index contributed by atoms with van der Waals surface area (Å²) in [4.78, 5) is 14.1. The second-order valence-electron chi connectivity index (χ2n) is 6.53.